The molecule has 0 bridgehead atoms. The van der Waals surface area contributed by atoms with Gasteiger partial charge in [0.2, 0.25) is 0 Å². The zero-order chi connectivity index (χ0) is 12.9. The van der Waals surface area contributed by atoms with Crippen molar-refractivity contribution >= 4 is 18.5 Å². The van der Waals surface area contributed by atoms with Crippen molar-refractivity contribution in [3.05, 3.63) is 0 Å². The van der Waals surface area contributed by atoms with Crippen molar-refractivity contribution in [3.8, 4) is 0 Å². The molecule has 0 unspecified atom stereocenters. The minimum absolute atomic E-state index is 0. The van der Waals surface area contributed by atoms with E-state index in [4.69, 9.17) is 45.5 Å². The topological polar surface area (TPSA) is 209 Å². The average molecular weight is 406 g/mol. The average Bonchev–Trinajstić information content (AvgIpc) is 2.19. The second-order valence-corrected chi connectivity index (χ2v) is 1.05. The summed E-state index contributed by atoms with van der Waals surface area (Å²) in [5.41, 5.74) is 0. The number of carboxylic acid groups (broad SMARTS) is 3. The van der Waals surface area contributed by atoms with Crippen molar-refractivity contribution in [2.24, 2.45) is 0 Å². The molecule has 0 aliphatic rings. The summed E-state index contributed by atoms with van der Waals surface area (Å²) in [6.07, 6.45) is -5.40. The van der Waals surface area contributed by atoms with Gasteiger partial charge in [-0.25, -0.2) is 14.4 Å². The number of carbonyl (C=O) groups is 3. The third-order valence-electron chi connectivity index (χ3n) is 0.214. The standard InChI is InChI=1S/3CH2O4.Lu/c3*2-1(3)5-4;/h3*4H,(H,2,3);/q;;;+3/p-3. The third kappa shape index (κ3) is 75.8. The molecular weight excluding hydrogens is 403 g/mol. The molecule has 102 valence electrons. The molecule has 0 amide bonds. The molecule has 16 heavy (non-hydrogen) atoms. The van der Waals surface area contributed by atoms with E-state index in [0.29, 0.717) is 0 Å². The van der Waals surface area contributed by atoms with Crippen LogP contribution in [0.5, 0.6) is 0 Å². The number of hydrogen-bond donors (Lipinski definition) is 3. The molecule has 0 aromatic heterocycles. The molecule has 0 aromatic carbocycles. The van der Waals surface area contributed by atoms with Gasteiger partial charge >= 0.3 is 55.3 Å². The van der Waals surface area contributed by atoms with Gasteiger partial charge in [-0.15, -0.1) is 0 Å². The van der Waals surface area contributed by atoms with Crippen LogP contribution in [0.15, 0.2) is 0 Å². The Morgan fingerprint density at radius 1 is 0.688 bits per heavy atom. The van der Waals surface area contributed by atoms with Gasteiger partial charge in [0.05, 0.1) is 0 Å². The molecular formula is C3H3LuO12. The minimum atomic E-state index is -1.80. The quantitative estimate of drug-likeness (QED) is 0.269. The summed E-state index contributed by atoms with van der Waals surface area (Å²) in [6.45, 7) is 0. The largest absolute Gasteiger partial charge is 3.00 e. The Morgan fingerprint density at radius 3 is 0.750 bits per heavy atom. The molecule has 0 heterocycles. The predicted octanol–water partition coefficient (Wildman–Crippen LogP) is -3.13. The molecule has 0 aliphatic carbocycles. The van der Waals surface area contributed by atoms with E-state index in [2.05, 4.69) is 14.7 Å². The maximum atomic E-state index is 8.83. The Hall–Kier alpha value is -1.08. The van der Waals surface area contributed by atoms with Crippen molar-refractivity contribution in [2.75, 3.05) is 0 Å². The molecule has 0 saturated carbocycles. The Labute approximate surface area is 115 Å². The fourth-order valence-corrected chi connectivity index (χ4v) is 0. The second-order valence-electron chi connectivity index (χ2n) is 1.05. The van der Waals surface area contributed by atoms with Crippen LogP contribution >= 0.6 is 0 Å². The van der Waals surface area contributed by atoms with Crippen LogP contribution in [0, 0.1) is 36.9 Å². The van der Waals surface area contributed by atoms with E-state index in [9.17, 15) is 0 Å². The van der Waals surface area contributed by atoms with Crippen molar-refractivity contribution in [1.82, 2.24) is 0 Å². The van der Waals surface area contributed by atoms with Crippen LogP contribution in [0.4, 0.5) is 14.4 Å². The van der Waals surface area contributed by atoms with Crippen LogP contribution in [0.1, 0.15) is 0 Å². The van der Waals surface area contributed by atoms with Crippen LogP contribution in [0.25, 0.3) is 0 Å². The molecule has 0 aliphatic heterocycles. The third-order valence-corrected chi connectivity index (χ3v) is 0.214. The van der Waals surface area contributed by atoms with Crippen molar-refractivity contribution in [1.29, 1.82) is 0 Å². The fourth-order valence-electron chi connectivity index (χ4n) is 0. The first-order chi connectivity index (χ1) is 6.81. The van der Waals surface area contributed by atoms with Crippen LogP contribution in [-0.4, -0.2) is 33.8 Å². The van der Waals surface area contributed by atoms with Crippen molar-refractivity contribution in [2.45, 2.75) is 0 Å². The SMILES string of the molecule is O=C(O)O[O-].O=C(O)O[O-].O=C(O)O[O-].[Lu+3]. The zero-order valence-corrected chi connectivity index (χ0v) is 8.43. The molecule has 12 nitrogen and oxygen atoms in total. The van der Waals surface area contributed by atoms with E-state index in [1.807, 2.05) is 0 Å². The molecule has 0 radical (unpaired) electrons. The first kappa shape index (κ1) is 24.2. The Bertz CT molecular complexity index is 155. The summed E-state index contributed by atoms with van der Waals surface area (Å²) in [4.78, 5) is 33.8. The molecule has 0 atom stereocenters. The van der Waals surface area contributed by atoms with E-state index in [1.54, 1.807) is 0 Å². The van der Waals surface area contributed by atoms with Crippen LogP contribution < -0.4 is 15.8 Å². The smallest absolute Gasteiger partial charge is 0.659 e. The van der Waals surface area contributed by atoms with Gasteiger partial charge in [-0.1, -0.05) is 0 Å². The number of rotatable bonds is 0. The number of hydrogen-bond acceptors (Lipinski definition) is 9. The Kier molecular flexibility index (Phi) is 29.5. The van der Waals surface area contributed by atoms with Gasteiger partial charge in [-0.3, -0.25) is 0 Å². The Morgan fingerprint density at radius 2 is 0.750 bits per heavy atom. The summed E-state index contributed by atoms with van der Waals surface area (Å²) in [5.74, 6) is 0. The molecule has 0 saturated heterocycles. The van der Waals surface area contributed by atoms with Crippen molar-refractivity contribution in [3.63, 3.8) is 0 Å². The molecule has 0 rings (SSSR count). The fraction of sp³-hybridized carbons (Fsp3) is 0. The summed E-state index contributed by atoms with van der Waals surface area (Å²) in [7, 11) is 0. The van der Waals surface area contributed by atoms with Gasteiger partial charge in [0.25, 0.3) is 0 Å². The van der Waals surface area contributed by atoms with E-state index in [-0.39, 0.29) is 36.9 Å². The molecule has 13 heteroatoms. The first-order valence-corrected chi connectivity index (χ1v) is 2.40. The van der Waals surface area contributed by atoms with Gasteiger partial charge in [-0.05, 0) is 0 Å². The van der Waals surface area contributed by atoms with Gasteiger partial charge in [0.15, 0.2) is 0 Å². The summed E-state index contributed by atoms with van der Waals surface area (Å²) < 4.78 is 0. The van der Waals surface area contributed by atoms with E-state index < -0.39 is 18.5 Å². The van der Waals surface area contributed by atoms with Crippen LogP contribution in [0.3, 0.4) is 0 Å². The van der Waals surface area contributed by atoms with Gasteiger partial charge in [0, 0.05) is 0 Å². The minimum Gasteiger partial charge on any atom is -0.659 e. The molecule has 0 aromatic rings. The van der Waals surface area contributed by atoms with E-state index >= 15 is 0 Å². The maximum Gasteiger partial charge on any atom is 3.00 e. The molecule has 0 spiro atoms. The second kappa shape index (κ2) is 19.5. The van der Waals surface area contributed by atoms with Gasteiger partial charge in [0.1, 0.15) is 0 Å². The van der Waals surface area contributed by atoms with Crippen LogP contribution in [0.2, 0.25) is 0 Å². The first-order valence-electron chi connectivity index (χ1n) is 2.40. The predicted molar refractivity (Wildman–Crippen MR) is 27.3 cm³/mol. The van der Waals surface area contributed by atoms with Gasteiger partial charge in [-0.2, -0.15) is 0 Å². The summed E-state index contributed by atoms with van der Waals surface area (Å²) in [5, 5.41) is 47.2. The van der Waals surface area contributed by atoms with E-state index in [0.717, 1.165) is 0 Å². The normalized spacial score (nSPS) is 6.19. The van der Waals surface area contributed by atoms with E-state index in [1.165, 1.54) is 0 Å². The summed E-state index contributed by atoms with van der Waals surface area (Å²) in [6, 6.07) is 0. The monoisotopic (exact) mass is 406 g/mol. The van der Waals surface area contributed by atoms with Crippen molar-refractivity contribution < 1.29 is 97.0 Å². The van der Waals surface area contributed by atoms with Crippen LogP contribution in [-0.2, 0) is 14.7 Å². The zero-order valence-electron chi connectivity index (χ0n) is 6.77. The Balaban J connectivity index is -0.0000000655. The molecule has 0 fully saturated rings. The summed E-state index contributed by atoms with van der Waals surface area (Å²) >= 11 is 0. The maximum absolute atomic E-state index is 8.83. The van der Waals surface area contributed by atoms with Gasteiger partial charge < -0.3 is 45.8 Å². The molecule has 3 N–H and O–H groups in total.